The molecule has 1 amide bonds. The molecule has 7 nitrogen and oxygen atoms in total. The molecule has 2 aromatic heterocycles. The Hall–Kier alpha value is -3.78. The number of H-pyrrole nitrogens is 1. The minimum atomic E-state index is -0.373. The van der Waals surface area contributed by atoms with Crippen molar-refractivity contribution in [1.29, 1.82) is 0 Å². The van der Waals surface area contributed by atoms with Gasteiger partial charge in [-0.05, 0) is 72.3 Å². The molecule has 0 bridgehead atoms. The fourth-order valence-electron chi connectivity index (χ4n) is 4.71. The smallest absolute Gasteiger partial charge is 0.251 e. The predicted octanol–water partition coefficient (Wildman–Crippen LogP) is 5.16. The van der Waals surface area contributed by atoms with Crippen molar-refractivity contribution in [3.63, 3.8) is 0 Å². The third-order valence-corrected chi connectivity index (χ3v) is 6.96. The molecule has 0 aliphatic carbocycles. The van der Waals surface area contributed by atoms with Crippen LogP contribution in [0.5, 0.6) is 0 Å². The first-order valence-electron chi connectivity index (χ1n) is 12.8. The standard InChI is InChI=1S/C29H33FN6O/c1-29(2,3)21-8-6-18(7-9-21)28(37)33-17-20-5-4-19(16-24(20)30)23-12-15-32-26-25(23)27(36-35-26)34-22-10-13-31-14-11-22/h4-9,12,15-16,22,31H,10-11,13-14,17H2,1-3H3,(H,33,37)(H2,32,34,35,36). The summed E-state index contributed by atoms with van der Waals surface area (Å²) in [5.41, 5.74) is 4.38. The van der Waals surface area contributed by atoms with Gasteiger partial charge in [0.2, 0.25) is 0 Å². The van der Waals surface area contributed by atoms with Crippen LogP contribution in [0.1, 0.15) is 55.1 Å². The van der Waals surface area contributed by atoms with Gasteiger partial charge in [-0.2, -0.15) is 5.10 Å². The first kappa shape index (κ1) is 24.9. The average molecular weight is 501 g/mol. The van der Waals surface area contributed by atoms with Gasteiger partial charge in [0.05, 0.1) is 5.39 Å². The number of nitrogens with one attached hydrogen (secondary N) is 4. The molecule has 2 aromatic carbocycles. The van der Waals surface area contributed by atoms with E-state index < -0.39 is 0 Å². The molecule has 0 radical (unpaired) electrons. The first-order chi connectivity index (χ1) is 17.8. The average Bonchev–Trinajstić information content (AvgIpc) is 3.31. The number of fused-ring (bicyclic) bond motifs is 1. The Morgan fingerprint density at radius 3 is 2.54 bits per heavy atom. The van der Waals surface area contributed by atoms with Gasteiger partial charge in [0, 0.05) is 29.9 Å². The van der Waals surface area contributed by atoms with Crippen LogP contribution in [0.25, 0.3) is 22.2 Å². The van der Waals surface area contributed by atoms with Crippen LogP contribution in [0.4, 0.5) is 10.2 Å². The number of hydrogen-bond donors (Lipinski definition) is 4. The number of halogens is 1. The summed E-state index contributed by atoms with van der Waals surface area (Å²) in [7, 11) is 0. The number of aromatic nitrogens is 3. The van der Waals surface area contributed by atoms with E-state index in [0.717, 1.165) is 53.8 Å². The lowest BCUT2D eigenvalue weighted by Gasteiger charge is -2.23. The topological polar surface area (TPSA) is 94.7 Å². The van der Waals surface area contributed by atoms with Crippen molar-refractivity contribution in [3.8, 4) is 11.1 Å². The van der Waals surface area contributed by atoms with Gasteiger partial charge < -0.3 is 16.0 Å². The highest BCUT2D eigenvalue weighted by Crippen LogP contribution is 2.33. The molecule has 5 rings (SSSR count). The summed E-state index contributed by atoms with van der Waals surface area (Å²) >= 11 is 0. The highest BCUT2D eigenvalue weighted by atomic mass is 19.1. The summed E-state index contributed by atoms with van der Waals surface area (Å²) in [6, 6.07) is 14.9. The maximum Gasteiger partial charge on any atom is 0.251 e. The van der Waals surface area contributed by atoms with Crippen LogP contribution in [0, 0.1) is 5.82 Å². The van der Waals surface area contributed by atoms with Crippen molar-refractivity contribution < 1.29 is 9.18 Å². The molecule has 1 aliphatic heterocycles. The molecule has 8 heteroatoms. The van der Waals surface area contributed by atoms with Crippen LogP contribution in [0.2, 0.25) is 0 Å². The summed E-state index contributed by atoms with van der Waals surface area (Å²) in [4.78, 5) is 17.0. The number of benzene rings is 2. The number of anilines is 1. The monoisotopic (exact) mass is 500 g/mol. The van der Waals surface area contributed by atoms with Crippen molar-refractivity contribution in [2.24, 2.45) is 0 Å². The molecule has 4 N–H and O–H groups in total. The van der Waals surface area contributed by atoms with E-state index >= 15 is 4.39 Å². The maximum absolute atomic E-state index is 15.2. The number of nitrogens with zero attached hydrogens (tertiary/aromatic N) is 2. The maximum atomic E-state index is 15.2. The largest absolute Gasteiger partial charge is 0.365 e. The summed E-state index contributed by atoms with van der Waals surface area (Å²) in [6.07, 6.45) is 3.72. The second-order valence-corrected chi connectivity index (χ2v) is 10.6. The number of pyridine rings is 1. The molecule has 1 fully saturated rings. The van der Waals surface area contributed by atoms with Crippen LogP contribution in [0.15, 0.2) is 54.7 Å². The molecule has 1 aliphatic rings. The zero-order valence-corrected chi connectivity index (χ0v) is 21.5. The molecular weight excluding hydrogens is 467 g/mol. The van der Waals surface area contributed by atoms with Crippen LogP contribution in [-0.2, 0) is 12.0 Å². The number of carbonyl (C=O) groups is 1. The summed E-state index contributed by atoms with van der Waals surface area (Å²) < 4.78 is 15.2. The lowest BCUT2D eigenvalue weighted by atomic mass is 9.87. The highest BCUT2D eigenvalue weighted by molar-refractivity contribution is 6.00. The highest BCUT2D eigenvalue weighted by Gasteiger charge is 2.19. The van der Waals surface area contributed by atoms with E-state index in [0.29, 0.717) is 22.8 Å². The number of hydrogen-bond acceptors (Lipinski definition) is 5. The van der Waals surface area contributed by atoms with Gasteiger partial charge in [-0.15, -0.1) is 0 Å². The van der Waals surface area contributed by atoms with E-state index in [1.54, 1.807) is 12.3 Å². The predicted molar refractivity (Wildman–Crippen MR) is 145 cm³/mol. The molecule has 1 saturated heterocycles. The minimum Gasteiger partial charge on any atom is -0.365 e. The van der Waals surface area contributed by atoms with Crippen LogP contribution in [0.3, 0.4) is 0 Å². The van der Waals surface area contributed by atoms with Gasteiger partial charge in [-0.3, -0.25) is 9.89 Å². The zero-order valence-electron chi connectivity index (χ0n) is 21.5. The van der Waals surface area contributed by atoms with Gasteiger partial charge in [0.25, 0.3) is 5.91 Å². The number of amides is 1. The van der Waals surface area contributed by atoms with Gasteiger partial charge in [-0.25, -0.2) is 9.37 Å². The third kappa shape index (κ3) is 5.49. The van der Waals surface area contributed by atoms with Crippen molar-refractivity contribution in [2.75, 3.05) is 18.4 Å². The van der Waals surface area contributed by atoms with Gasteiger partial charge >= 0.3 is 0 Å². The van der Waals surface area contributed by atoms with E-state index in [-0.39, 0.29) is 23.7 Å². The molecule has 3 heterocycles. The van der Waals surface area contributed by atoms with E-state index in [2.05, 4.69) is 51.9 Å². The molecule has 37 heavy (non-hydrogen) atoms. The molecule has 192 valence electrons. The fourth-order valence-corrected chi connectivity index (χ4v) is 4.71. The SMILES string of the molecule is CC(C)(C)c1ccc(C(=O)NCc2ccc(-c3ccnc4[nH]nc(NC5CCNCC5)c34)cc2F)cc1. The van der Waals surface area contributed by atoms with E-state index in [9.17, 15) is 4.79 Å². The lowest BCUT2D eigenvalue weighted by molar-refractivity contribution is 0.0950. The molecule has 4 aromatic rings. The van der Waals surface area contributed by atoms with Gasteiger partial charge in [0.15, 0.2) is 11.5 Å². The normalized spacial score (nSPS) is 14.6. The van der Waals surface area contributed by atoms with Crippen molar-refractivity contribution in [3.05, 3.63) is 77.2 Å². The zero-order chi connectivity index (χ0) is 26.0. The van der Waals surface area contributed by atoms with E-state index in [4.69, 9.17) is 0 Å². The summed E-state index contributed by atoms with van der Waals surface area (Å²) in [5, 5.41) is 18.0. The van der Waals surface area contributed by atoms with Crippen LogP contribution >= 0.6 is 0 Å². The summed E-state index contributed by atoms with van der Waals surface area (Å²) in [5.74, 6) is 0.133. The Morgan fingerprint density at radius 2 is 1.84 bits per heavy atom. The van der Waals surface area contributed by atoms with Crippen molar-refractivity contribution >= 4 is 22.8 Å². The summed E-state index contributed by atoms with van der Waals surface area (Å²) in [6.45, 7) is 8.43. The Morgan fingerprint density at radius 1 is 1.08 bits per heavy atom. The number of carbonyl (C=O) groups excluding carboxylic acids is 1. The van der Waals surface area contributed by atoms with E-state index in [1.807, 2.05) is 36.4 Å². The Labute approximate surface area is 216 Å². The number of piperidine rings is 1. The van der Waals surface area contributed by atoms with Gasteiger partial charge in [0.1, 0.15) is 5.82 Å². The number of rotatable bonds is 6. The second-order valence-electron chi connectivity index (χ2n) is 10.6. The molecule has 0 unspecified atom stereocenters. The van der Waals surface area contributed by atoms with E-state index in [1.165, 1.54) is 6.07 Å². The Balaban J connectivity index is 1.32. The lowest BCUT2D eigenvalue weighted by Crippen LogP contribution is -2.35. The first-order valence-corrected chi connectivity index (χ1v) is 12.8. The van der Waals surface area contributed by atoms with Gasteiger partial charge in [-0.1, -0.05) is 45.0 Å². The molecular formula is C29H33FN6O. The van der Waals surface area contributed by atoms with Crippen LogP contribution < -0.4 is 16.0 Å². The fraction of sp³-hybridized carbons (Fsp3) is 0.345. The molecule has 0 spiro atoms. The quantitative estimate of drug-likeness (QED) is 0.294. The molecule has 0 atom stereocenters. The molecule has 0 saturated carbocycles. The Kier molecular flexibility index (Phi) is 6.93. The van der Waals surface area contributed by atoms with Crippen LogP contribution in [-0.4, -0.2) is 40.2 Å². The Bertz CT molecular complexity index is 1400. The minimum absolute atomic E-state index is 0.0148. The third-order valence-electron chi connectivity index (χ3n) is 6.96. The van der Waals surface area contributed by atoms with Crippen molar-refractivity contribution in [1.82, 2.24) is 25.8 Å². The number of aromatic amines is 1. The second kappa shape index (κ2) is 10.3. The van der Waals surface area contributed by atoms with Crippen molar-refractivity contribution in [2.45, 2.75) is 51.6 Å².